The quantitative estimate of drug-likeness (QED) is 0.604. The van der Waals surface area contributed by atoms with Crippen LogP contribution >= 0.6 is 27.5 Å². The minimum absolute atomic E-state index is 0.142. The first-order chi connectivity index (χ1) is 8.38. The van der Waals surface area contributed by atoms with Crippen molar-refractivity contribution in [3.63, 3.8) is 0 Å². The number of sulfonamides is 1. The molecule has 0 spiro atoms. The molecule has 0 amide bonds. The standard InChI is InChI=1S/C10H13BrClFN2O2S/c1-2-14-3-4-15-18(16,17)10-6-8(12)7(11)5-9(10)13/h5-6,14-15H,2-4H2,1H3. The van der Waals surface area contributed by atoms with Gasteiger partial charge in [0.2, 0.25) is 10.0 Å². The Labute approximate surface area is 119 Å². The molecule has 1 aromatic carbocycles. The van der Waals surface area contributed by atoms with E-state index >= 15 is 0 Å². The second-order valence-corrected chi connectivity index (χ2v) is 6.44. The van der Waals surface area contributed by atoms with Crippen molar-refractivity contribution in [2.45, 2.75) is 11.8 Å². The van der Waals surface area contributed by atoms with Gasteiger partial charge in [-0.05, 0) is 34.6 Å². The van der Waals surface area contributed by atoms with Gasteiger partial charge in [-0.3, -0.25) is 0 Å². The van der Waals surface area contributed by atoms with Gasteiger partial charge in [0, 0.05) is 17.6 Å². The first kappa shape index (κ1) is 15.8. The highest BCUT2D eigenvalue weighted by Crippen LogP contribution is 2.27. The maximum atomic E-state index is 13.6. The molecule has 0 fully saturated rings. The van der Waals surface area contributed by atoms with E-state index in [0.29, 0.717) is 11.0 Å². The molecular weight excluding hydrogens is 347 g/mol. The number of hydrogen-bond acceptors (Lipinski definition) is 3. The molecule has 2 N–H and O–H groups in total. The van der Waals surface area contributed by atoms with Crippen LogP contribution in [0.2, 0.25) is 5.02 Å². The molecule has 0 aliphatic rings. The Hall–Kier alpha value is -0.210. The van der Waals surface area contributed by atoms with Gasteiger partial charge in [0.1, 0.15) is 10.7 Å². The van der Waals surface area contributed by atoms with E-state index < -0.39 is 20.7 Å². The largest absolute Gasteiger partial charge is 0.316 e. The maximum absolute atomic E-state index is 13.6. The Morgan fingerprint density at radius 3 is 2.67 bits per heavy atom. The summed E-state index contributed by atoms with van der Waals surface area (Å²) in [6.07, 6.45) is 0. The van der Waals surface area contributed by atoms with Gasteiger partial charge in [0.05, 0.1) is 5.02 Å². The monoisotopic (exact) mass is 358 g/mol. The maximum Gasteiger partial charge on any atom is 0.243 e. The average Bonchev–Trinajstić information content (AvgIpc) is 2.29. The molecule has 0 atom stereocenters. The van der Waals surface area contributed by atoms with Gasteiger partial charge in [-0.2, -0.15) is 0 Å². The van der Waals surface area contributed by atoms with Gasteiger partial charge < -0.3 is 5.32 Å². The molecule has 0 aliphatic heterocycles. The summed E-state index contributed by atoms with van der Waals surface area (Å²) < 4.78 is 39.8. The van der Waals surface area contributed by atoms with Crippen molar-refractivity contribution in [2.75, 3.05) is 19.6 Å². The Kier molecular flexibility index (Phi) is 6.00. The molecule has 18 heavy (non-hydrogen) atoms. The molecule has 1 aromatic rings. The van der Waals surface area contributed by atoms with Crippen molar-refractivity contribution in [3.05, 3.63) is 27.4 Å². The van der Waals surface area contributed by atoms with Crippen molar-refractivity contribution >= 4 is 37.6 Å². The van der Waals surface area contributed by atoms with E-state index in [1.165, 1.54) is 0 Å². The predicted molar refractivity (Wildman–Crippen MR) is 72.8 cm³/mol. The Morgan fingerprint density at radius 1 is 1.39 bits per heavy atom. The number of nitrogens with one attached hydrogen (secondary N) is 2. The van der Waals surface area contributed by atoms with Crippen LogP contribution < -0.4 is 10.0 Å². The summed E-state index contributed by atoms with van der Waals surface area (Å²) in [6, 6.07) is 2.11. The third kappa shape index (κ3) is 4.17. The van der Waals surface area contributed by atoms with Crippen molar-refractivity contribution in [3.8, 4) is 0 Å². The van der Waals surface area contributed by atoms with Gasteiger partial charge in [-0.15, -0.1) is 0 Å². The summed E-state index contributed by atoms with van der Waals surface area (Å²) >= 11 is 8.78. The molecule has 0 unspecified atom stereocenters. The lowest BCUT2D eigenvalue weighted by molar-refractivity contribution is 0.554. The normalized spacial score (nSPS) is 11.8. The summed E-state index contributed by atoms with van der Waals surface area (Å²) in [5, 5.41) is 3.10. The Balaban J connectivity index is 2.88. The fraction of sp³-hybridized carbons (Fsp3) is 0.400. The van der Waals surface area contributed by atoms with E-state index in [4.69, 9.17) is 11.6 Å². The van der Waals surface area contributed by atoms with Crippen LogP contribution in [-0.2, 0) is 10.0 Å². The molecule has 0 aliphatic carbocycles. The molecule has 0 saturated carbocycles. The first-order valence-corrected chi connectivity index (χ1v) is 7.89. The van der Waals surface area contributed by atoms with Gasteiger partial charge >= 0.3 is 0 Å². The minimum atomic E-state index is -3.88. The van der Waals surface area contributed by atoms with E-state index in [1.54, 1.807) is 0 Å². The van der Waals surface area contributed by atoms with Crippen LogP contribution in [0.5, 0.6) is 0 Å². The Bertz CT molecular complexity index is 525. The number of benzene rings is 1. The zero-order valence-corrected chi connectivity index (χ0v) is 12.8. The second-order valence-electron chi connectivity index (χ2n) is 3.45. The third-order valence-electron chi connectivity index (χ3n) is 2.11. The van der Waals surface area contributed by atoms with Crippen LogP contribution in [0.25, 0.3) is 0 Å². The van der Waals surface area contributed by atoms with Gasteiger partial charge in [0.25, 0.3) is 0 Å². The molecular formula is C10H13BrClFN2O2S. The van der Waals surface area contributed by atoms with Crippen LogP contribution in [0.3, 0.4) is 0 Å². The van der Waals surface area contributed by atoms with Crippen LogP contribution in [-0.4, -0.2) is 28.1 Å². The third-order valence-corrected chi connectivity index (χ3v) is 4.78. The van der Waals surface area contributed by atoms with E-state index in [2.05, 4.69) is 26.0 Å². The van der Waals surface area contributed by atoms with E-state index in [1.807, 2.05) is 6.92 Å². The number of likely N-dealkylation sites (N-methyl/N-ethyl adjacent to an activating group) is 1. The highest BCUT2D eigenvalue weighted by atomic mass is 79.9. The molecule has 0 aromatic heterocycles. The second kappa shape index (κ2) is 6.81. The van der Waals surface area contributed by atoms with Crippen molar-refractivity contribution in [1.82, 2.24) is 10.0 Å². The number of rotatable bonds is 6. The van der Waals surface area contributed by atoms with E-state index in [-0.39, 0.29) is 11.6 Å². The van der Waals surface area contributed by atoms with Crippen LogP contribution in [0.4, 0.5) is 4.39 Å². The number of halogens is 3. The molecule has 8 heteroatoms. The van der Waals surface area contributed by atoms with Crippen LogP contribution in [0, 0.1) is 5.82 Å². The van der Waals surface area contributed by atoms with Crippen molar-refractivity contribution in [1.29, 1.82) is 0 Å². The summed E-state index contributed by atoms with van der Waals surface area (Å²) in [5.41, 5.74) is 0. The van der Waals surface area contributed by atoms with E-state index in [9.17, 15) is 12.8 Å². The summed E-state index contributed by atoms with van der Waals surface area (Å²) in [5.74, 6) is -0.845. The molecule has 4 nitrogen and oxygen atoms in total. The SMILES string of the molecule is CCNCCNS(=O)(=O)c1cc(Cl)c(Br)cc1F. The molecule has 1 rings (SSSR count). The fourth-order valence-electron chi connectivity index (χ4n) is 1.24. The van der Waals surface area contributed by atoms with Crippen molar-refractivity contribution in [2.24, 2.45) is 0 Å². The highest BCUT2D eigenvalue weighted by Gasteiger charge is 2.20. The summed E-state index contributed by atoms with van der Waals surface area (Å²) in [6.45, 7) is 3.30. The predicted octanol–water partition coefficient (Wildman–Crippen LogP) is 2.13. The lowest BCUT2D eigenvalue weighted by Gasteiger charge is -2.09. The Morgan fingerprint density at radius 2 is 2.06 bits per heavy atom. The fourth-order valence-corrected chi connectivity index (χ4v) is 2.90. The molecule has 0 saturated heterocycles. The van der Waals surface area contributed by atoms with Gasteiger partial charge in [0.15, 0.2) is 0 Å². The summed E-state index contributed by atoms with van der Waals surface area (Å²) in [4.78, 5) is -0.452. The minimum Gasteiger partial charge on any atom is -0.316 e. The summed E-state index contributed by atoms with van der Waals surface area (Å²) in [7, 11) is -3.88. The van der Waals surface area contributed by atoms with Gasteiger partial charge in [-0.1, -0.05) is 18.5 Å². The average molecular weight is 360 g/mol. The van der Waals surface area contributed by atoms with E-state index in [0.717, 1.165) is 18.7 Å². The van der Waals surface area contributed by atoms with Crippen LogP contribution in [0.15, 0.2) is 21.5 Å². The van der Waals surface area contributed by atoms with Gasteiger partial charge in [-0.25, -0.2) is 17.5 Å². The number of hydrogen-bond donors (Lipinski definition) is 2. The molecule has 0 radical (unpaired) electrons. The van der Waals surface area contributed by atoms with Crippen molar-refractivity contribution < 1.29 is 12.8 Å². The first-order valence-electron chi connectivity index (χ1n) is 5.23. The molecule has 0 bridgehead atoms. The zero-order chi connectivity index (χ0) is 13.8. The molecule has 0 heterocycles. The highest BCUT2D eigenvalue weighted by molar-refractivity contribution is 9.10. The van der Waals surface area contributed by atoms with Crippen LogP contribution in [0.1, 0.15) is 6.92 Å². The zero-order valence-electron chi connectivity index (χ0n) is 9.63. The lowest BCUT2D eigenvalue weighted by Crippen LogP contribution is -2.32. The molecule has 102 valence electrons. The smallest absolute Gasteiger partial charge is 0.243 e. The lowest BCUT2D eigenvalue weighted by atomic mass is 10.3. The topological polar surface area (TPSA) is 58.2 Å².